The summed E-state index contributed by atoms with van der Waals surface area (Å²) in [6.45, 7) is -0.0384. The molecular formula is C12H16O3S. The summed E-state index contributed by atoms with van der Waals surface area (Å²) in [6, 6.07) is 3.58. The van der Waals surface area contributed by atoms with E-state index in [9.17, 15) is 0 Å². The van der Waals surface area contributed by atoms with Crippen molar-refractivity contribution < 1.29 is 14.6 Å². The first-order valence-electron chi connectivity index (χ1n) is 4.90. The van der Waals surface area contributed by atoms with Gasteiger partial charge in [-0.15, -0.1) is 0 Å². The van der Waals surface area contributed by atoms with E-state index in [1.54, 1.807) is 26.4 Å². The Bertz CT molecular complexity index is 350. The predicted octanol–water partition coefficient (Wildman–Crippen LogP) is 2.14. The first-order chi connectivity index (χ1) is 7.76. The van der Waals surface area contributed by atoms with Crippen molar-refractivity contribution in [2.24, 2.45) is 0 Å². The summed E-state index contributed by atoms with van der Waals surface area (Å²) >= 11 is 4.11. The number of aliphatic hydroxyl groups excluding tert-OH is 1. The van der Waals surface area contributed by atoms with Gasteiger partial charge in [-0.1, -0.05) is 12.2 Å². The summed E-state index contributed by atoms with van der Waals surface area (Å²) in [5.74, 6) is 2.01. The Labute approximate surface area is 101 Å². The van der Waals surface area contributed by atoms with Crippen LogP contribution in [0.3, 0.4) is 0 Å². The molecule has 0 saturated carbocycles. The zero-order valence-corrected chi connectivity index (χ0v) is 10.3. The molecule has 0 saturated heterocycles. The fourth-order valence-electron chi connectivity index (χ4n) is 1.42. The largest absolute Gasteiger partial charge is 0.496 e. The van der Waals surface area contributed by atoms with Gasteiger partial charge >= 0.3 is 0 Å². The SMILES string of the molecule is COc1cc(CO)cc(OC)c1C=CCS. The number of ether oxygens (including phenoxy) is 2. The van der Waals surface area contributed by atoms with E-state index >= 15 is 0 Å². The van der Waals surface area contributed by atoms with Crippen LogP contribution in [0.2, 0.25) is 0 Å². The second-order valence-electron chi connectivity index (χ2n) is 3.16. The lowest BCUT2D eigenvalue weighted by atomic mass is 10.1. The molecule has 0 bridgehead atoms. The van der Waals surface area contributed by atoms with Gasteiger partial charge in [-0.05, 0) is 17.7 Å². The summed E-state index contributed by atoms with van der Waals surface area (Å²) in [4.78, 5) is 0. The summed E-state index contributed by atoms with van der Waals surface area (Å²) in [5.41, 5.74) is 1.62. The third-order valence-electron chi connectivity index (χ3n) is 2.18. The summed E-state index contributed by atoms with van der Waals surface area (Å²) in [6.07, 6.45) is 3.80. The van der Waals surface area contributed by atoms with Gasteiger partial charge in [-0.25, -0.2) is 0 Å². The van der Waals surface area contributed by atoms with Crippen LogP contribution in [0.1, 0.15) is 11.1 Å². The Morgan fingerprint density at radius 1 is 1.25 bits per heavy atom. The fraction of sp³-hybridized carbons (Fsp3) is 0.333. The third kappa shape index (κ3) is 2.93. The third-order valence-corrected chi connectivity index (χ3v) is 2.39. The molecule has 0 spiro atoms. The molecule has 1 rings (SSSR count). The van der Waals surface area contributed by atoms with Crippen molar-refractivity contribution in [2.45, 2.75) is 6.61 Å². The molecule has 0 aliphatic rings. The second-order valence-corrected chi connectivity index (χ2v) is 3.52. The molecule has 0 atom stereocenters. The fourth-order valence-corrected chi connectivity index (χ4v) is 1.52. The van der Waals surface area contributed by atoms with Crippen LogP contribution in [0.4, 0.5) is 0 Å². The maximum absolute atomic E-state index is 9.10. The Kier molecular flexibility index (Phi) is 5.22. The van der Waals surface area contributed by atoms with Gasteiger partial charge in [-0.2, -0.15) is 12.6 Å². The van der Waals surface area contributed by atoms with Crippen molar-refractivity contribution in [1.82, 2.24) is 0 Å². The monoisotopic (exact) mass is 240 g/mol. The van der Waals surface area contributed by atoms with E-state index in [0.29, 0.717) is 17.3 Å². The average molecular weight is 240 g/mol. The van der Waals surface area contributed by atoms with E-state index in [1.807, 2.05) is 12.2 Å². The van der Waals surface area contributed by atoms with Crippen LogP contribution in [-0.4, -0.2) is 25.1 Å². The smallest absolute Gasteiger partial charge is 0.130 e. The zero-order valence-electron chi connectivity index (χ0n) is 9.43. The number of benzene rings is 1. The first-order valence-corrected chi connectivity index (χ1v) is 5.53. The lowest BCUT2D eigenvalue weighted by Crippen LogP contribution is -1.95. The molecule has 0 amide bonds. The molecular weight excluding hydrogens is 224 g/mol. The van der Waals surface area contributed by atoms with E-state index in [0.717, 1.165) is 11.1 Å². The molecule has 0 aliphatic heterocycles. The quantitative estimate of drug-likeness (QED) is 0.774. The van der Waals surface area contributed by atoms with Gasteiger partial charge in [0.25, 0.3) is 0 Å². The standard InChI is InChI=1S/C12H16O3S/c1-14-11-6-9(8-13)7-12(15-2)10(11)4-3-5-16/h3-4,6-7,13,16H,5,8H2,1-2H3. The van der Waals surface area contributed by atoms with Crippen LogP contribution >= 0.6 is 12.6 Å². The maximum atomic E-state index is 9.10. The predicted molar refractivity (Wildman–Crippen MR) is 68.4 cm³/mol. The van der Waals surface area contributed by atoms with Crippen LogP contribution < -0.4 is 9.47 Å². The highest BCUT2D eigenvalue weighted by atomic mass is 32.1. The highest BCUT2D eigenvalue weighted by molar-refractivity contribution is 7.80. The Balaban J connectivity index is 3.25. The number of rotatable bonds is 5. The minimum Gasteiger partial charge on any atom is -0.496 e. The highest BCUT2D eigenvalue weighted by Gasteiger charge is 2.09. The van der Waals surface area contributed by atoms with Crippen LogP contribution in [-0.2, 0) is 6.61 Å². The molecule has 0 unspecified atom stereocenters. The summed E-state index contributed by atoms with van der Waals surface area (Å²) < 4.78 is 10.5. The van der Waals surface area contributed by atoms with Crippen molar-refractivity contribution in [3.63, 3.8) is 0 Å². The number of hydrogen-bond acceptors (Lipinski definition) is 4. The molecule has 0 heterocycles. The van der Waals surface area contributed by atoms with Crippen molar-refractivity contribution in [1.29, 1.82) is 0 Å². The molecule has 0 fully saturated rings. The van der Waals surface area contributed by atoms with Gasteiger partial charge in [-0.3, -0.25) is 0 Å². The van der Waals surface area contributed by atoms with Crippen molar-refractivity contribution >= 4 is 18.7 Å². The molecule has 88 valence electrons. The summed E-state index contributed by atoms with van der Waals surface area (Å²) in [5, 5.41) is 9.10. The van der Waals surface area contributed by atoms with Gasteiger partial charge in [0.1, 0.15) is 11.5 Å². The highest BCUT2D eigenvalue weighted by Crippen LogP contribution is 2.31. The van der Waals surface area contributed by atoms with Gasteiger partial charge in [0.2, 0.25) is 0 Å². The molecule has 1 aromatic rings. The second kappa shape index (κ2) is 6.45. The Hall–Kier alpha value is -1.13. The van der Waals surface area contributed by atoms with Crippen LogP contribution in [0.15, 0.2) is 18.2 Å². The Morgan fingerprint density at radius 2 is 1.81 bits per heavy atom. The molecule has 4 heteroatoms. The number of hydrogen-bond donors (Lipinski definition) is 2. The lowest BCUT2D eigenvalue weighted by Gasteiger charge is -2.12. The average Bonchev–Trinajstić information content (AvgIpc) is 2.35. The van der Waals surface area contributed by atoms with E-state index < -0.39 is 0 Å². The number of methoxy groups -OCH3 is 2. The number of thiol groups is 1. The van der Waals surface area contributed by atoms with Gasteiger partial charge < -0.3 is 14.6 Å². The number of aliphatic hydroxyl groups is 1. The van der Waals surface area contributed by atoms with Gasteiger partial charge in [0, 0.05) is 5.75 Å². The lowest BCUT2D eigenvalue weighted by molar-refractivity contribution is 0.280. The van der Waals surface area contributed by atoms with Crippen molar-refractivity contribution in [3.05, 3.63) is 29.3 Å². The van der Waals surface area contributed by atoms with Crippen molar-refractivity contribution in [3.8, 4) is 11.5 Å². The molecule has 0 aliphatic carbocycles. The maximum Gasteiger partial charge on any atom is 0.130 e. The van der Waals surface area contributed by atoms with E-state index in [-0.39, 0.29) is 6.61 Å². The van der Waals surface area contributed by atoms with Crippen LogP contribution in [0.25, 0.3) is 6.08 Å². The van der Waals surface area contributed by atoms with E-state index in [4.69, 9.17) is 14.6 Å². The first kappa shape index (κ1) is 12.9. The topological polar surface area (TPSA) is 38.7 Å². The molecule has 1 aromatic carbocycles. The summed E-state index contributed by atoms with van der Waals surface area (Å²) in [7, 11) is 3.18. The Morgan fingerprint density at radius 3 is 2.19 bits per heavy atom. The van der Waals surface area contributed by atoms with Gasteiger partial charge in [0.05, 0.1) is 26.4 Å². The minimum absolute atomic E-state index is 0.0384. The molecule has 0 radical (unpaired) electrons. The normalized spacial score (nSPS) is 10.8. The minimum atomic E-state index is -0.0384. The zero-order chi connectivity index (χ0) is 12.0. The van der Waals surface area contributed by atoms with Gasteiger partial charge in [0.15, 0.2) is 0 Å². The van der Waals surface area contributed by atoms with Crippen molar-refractivity contribution in [2.75, 3.05) is 20.0 Å². The van der Waals surface area contributed by atoms with Crippen LogP contribution in [0.5, 0.6) is 11.5 Å². The van der Waals surface area contributed by atoms with E-state index in [2.05, 4.69) is 12.6 Å². The van der Waals surface area contributed by atoms with Crippen LogP contribution in [0, 0.1) is 0 Å². The van der Waals surface area contributed by atoms with E-state index in [1.165, 1.54) is 0 Å². The molecule has 1 N–H and O–H groups in total. The molecule has 0 aromatic heterocycles. The molecule has 3 nitrogen and oxygen atoms in total. The molecule has 16 heavy (non-hydrogen) atoms.